The van der Waals surface area contributed by atoms with Crippen LogP contribution in [0.2, 0.25) is 0 Å². The third-order valence-electron chi connectivity index (χ3n) is 3.80. The Morgan fingerprint density at radius 3 is 2.60 bits per heavy atom. The Morgan fingerprint density at radius 1 is 1.12 bits per heavy atom. The number of carbonyl (C=O) groups is 2. The number of anilines is 1. The lowest BCUT2D eigenvalue weighted by molar-refractivity contribution is -0.120. The van der Waals surface area contributed by atoms with E-state index in [-0.39, 0.29) is 11.9 Å². The van der Waals surface area contributed by atoms with Crippen molar-refractivity contribution in [1.82, 2.24) is 20.6 Å². The van der Waals surface area contributed by atoms with Gasteiger partial charge in [0.05, 0.1) is 12.1 Å². The summed E-state index contributed by atoms with van der Waals surface area (Å²) in [6.45, 7) is 0.476. The Hall–Kier alpha value is -2.96. The standard InChI is InChI=1S/C18H21N5O2/c24-17(22-14-5-6-14)11-13-1-3-15(4-2-13)23-18(25)21-8-7-16-12-19-9-10-20-16/h1-4,9-10,12,14H,5-8,11H2,(H,22,24)(H2,21,23,25). The summed E-state index contributed by atoms with van der Waals surface area (Å²) in [6.07, 6.45) is 8.07. The van der Waals surface area contributed by atoms with E-state index in [0.29, 0.717) is 31.1 Å². The first-order valence-electron chi connectivity index (χ1n) is 8.37. The maximum absolute atomic E-state index is 11.9. The minimum Gasteiger partial charge on any atom is -0.353 e. The second-order valence-corrected chi connectivity index (χ2v) is 6.04. The number of aromatic nitrogens is 2. The second-order valence-electron chi connectivity index (χ2n) is 6.04. The fraction of sp³-hybridized carbons (Fsp3) is 0.333. The van der Waals surface area contributed by atoms with E-state index in [9.17, 15) is 9.59 Å². The quantitative estimate of drug-likeness (QED) is 0.715. The topological polar surface area (TPSA) is 96.0 Å². The van der Waals surface area contributed by atoms with Gasteiger partial charge in [0, 0.05) is 43.3 Å². The van der Waals surface area contributed by atoms with Crippen LogP contribution in [0.1, 0.15) is 24.1 Å². The molecule has 3 rings (SSSR count). The highest BCUT2D eigenvalue weighted by Crippen LogP contribution is 2.19. The third kappa shape index (κ3) is 5.87. The summed E-state index contributed by atoms with van der Waals surface area (Å²) in [6, 6.07) is 7.38. The minimum atomic E-state index is -0.275. The van der Waals surface area contributed by atoms with Gasteiger partial charge in [-0.15, -0.1) is 0 Å². The monoisotopic (exact) mass is 339 g/mol. The lowest BCUT2D eigenvalue weighted by Gasteiger charge is -2.08. The predicted octanol–water partition coefficient (Wildman–Crippen LogP) is 1.66. The van der Waals surface area contributed by atoms with Gasteiger partial charge in [0.25, 0.3) is 0 Å². The highest BCUT2D eigenvalue weighted by Gasteiger charge is 2.22. The van der Waals surface area contributed by atoms with Crippen molar-refractivity contribution < 1.29 is 9.59 Å². The number of nitrogens with one attached hydrogen (secondary N) is 3. The van der Waals surface area contributed by atoms with E-state index < -0.39 is 0 Å². The number of hydrogen-bond donors (Lipinski definition) is 3. The molecule has 130 valence electrons. The number of carbonyl (C=O) groups excluding carboxylic acids is 2. The number of urea groups is 1. The molecule has 0 spiro atoms. The van der Waals surface area contributed by atoms with Crippen LogP contribution in [-0.2, 0) is 17.6 Å². The lowest BCUT2D eigenvalue weighted by atomic mass is 10.1. The number of benzene rings is 1. The van der Waals surface area contributed by atoms with Crippen molar-refractivity contribution in [1.29, 1.82) is 0 Å². The van der Waals surface area contributed by atoms with Crippen LogP contribution in [0.15, 0.2) is 42.9 Å². The summed E-state index contributed by atoms with van der Waals surface area (Å²) in [4.78, 5) is 31.8. The zero-order chi connectivity index (χ0) is 17.5. The summed E-state index contributed by atoms with van der Waals surface area (Å²) >= 11 is 0. The minimum absolute atomic E-state index is 0.0463. The first-order valence-corrected chi connectivity index (χ1v) is 8.37. The van der Waals surface area contributed by atoms with Crippen LogP contribution in [0.5, 0.6) is 0 Å². The molecule has 0 unspecified atom stereocenters. The molecular weight excluding hydrogens is 318 g/mol. The molecule has 3 N–H and O–H groups in total. The van der Waals surface area contributed by atoms with Crippen molar-refractivity contribution in [3.63, 3.8) is 0 Å². The maximum Gasteiger partial charge on any atom is 0.319 e. The van der Waals surface area contributed by atoms with E-state index in [2.05, 4.69) is 25.9 Å². The summed E-state index contributed by atoms with van der Waals surface area (Å²) < 4.78 is 0. The van der Waals surface area contributed by atoms with E-state index in [1.165, 1.54) is 0 Å². The largest absolute Gasteiger partial charge is 0.353 e. The number of rotatable bonds is 7. The number of hydrogen-bond acceptors (Lipinski definition) is 4. The molecule has 25 heavy (non-hydrogen) atoms. The summed E-state index contributed by atoms with van der Waals surface area (Å²) in [5.74, 6) is 0.0463. The molecule has 7 heteroatoms. The molecule has 1 aromatic carbocycles. The molecule has 1 saturated carbocycles. The maximum atomic E-state index is 11.9. The predicted molar refractivity (Wildman–Crippen MR) is 94.1 cm³/mol. The van der Waals surface area contributed by atoms with E-state index in [4.69, 9.17) is 0 Å². The van der Waals surface area contributed by atoms with Crippen LogP contribution in [0.3, 0.4) is 0 Å². The van der Waals surface area contributed by atoms with Crippen LogP contribution in [0, 0.1) is 0 Å². The number of amides is 3. The molecule has 0 saturated heterocycles. The van der Waals surface area contributed by atoms with Gasteiger partial charge >= 0.3 is 6.03 Å². The van der Waals surface area contributed by atoms with E-state index in [1.807, 2.05) is 12.1 Å². The van der Waals surface area contributed by atoms with Crippen molar-refractivity contribution in [2.45, 2.75) is 31.7 Å². The van der Waals surface area contributed by atoms with Gasteiger partial charge in [-0.2, -0.15) is 0 Å². The lowest BCUT2D eigenvalue weighted by Crippen LogP contribution is -2.30. The molecule has 3 amide bonds. The smallest absolute Gasteiger partial charge is 0.319 e. The molecule has 1 heterocycles. The van der Waals surface area contributed by atoms with Gasteiger partial charge in [-0.25, -0.2) is 4.79 Å². The van der Waals surface area contributed by atoms with E-state index >= 15 is 0 Å². The molecule has 0 aliphatic heterocycles. The van der Waals surface area contributed by atoms with Crippen molar-refractivity contribution in [3.8, 4) is 0 Å². The Balaban J connectivity index is 1.39. The van der Waals surface area contributed by atoms with Crippen molar-refractivity contribution >= 4 is 17.6 Å². The Kier molecular flexibility index (Phi) is 5.56. The van der Waals surface area contributed by atoms with Crippen molar-refractivity contribution in [3.05, 3.63) is 54.1 Å². The second kappa shape index (κ2) is 8.23. The van der Waals surface area contributed by atoms with Gasteiger partial charge < -0.3 is 16.0 Å². The van der Waals surface area contributed by atoms with Gasteiger partial charge in [0.2, 0.25) is 5.91 Å². The average molecular weight is 339 g/mol. The van der Waals surface area contributed by atoms with Crippen LogP contribution in [0.4, 0.5) is 10.5 Å². The molecule has 1 aliphatic carbocycles. The summed E-state index contributed by atoms with van der Waals surface area (Å²) in [5, 5.41) is 8.49. The Labute approximate surface area is 146 Å². The Morgan fingerprint density at radius 2 is 1.92 bits per heavy atom. The van der Waals surface area contributed by atoms with E-state index in [1.54, 1.807) is 30.7 Å². The van der Waals surface area contributed by atoms with Crippen molar-refractivity contribution in [2.24, 2.45) is 0 Å². The average Bonchev–Trinajstić information content (AvgIpc) is 3.41. The molecule has 1 aliphatic rings. The third-order valence-corrected chi connectivity index (χ3v) is 3.80. The number of nitrogens with zero attached hydrogens (tertiary/aromatic N) is 2. The SMILES string of the molecule is O=C(Cc1ccc(NC(=O)NCCc2cnccn2)cc1)NC1CC1. The first kappa shape index (κ1) is 16.9. The van der Waals surface area contributed by atoms with Gasteiger partial charge in [-0.1, -0.05) is 12.1 Å². The molecule has 2 aromatic rings. The zero-order valence-corrected chi connectivity index (χ0v) is 13.9. The highest BCUT2D eigenvalue weighted by atomic mass is 16.2. The summed E-state index contributed by atoms with van der Waals surface area (Å²) in [5.41, 5.74) is 2.44. The molecule has 1 aromatic heterocycles. The van der Waals surface area contributed by atoms with Crippen LogP contribution in [0.25, 0.3) is 0 Å². The summed E-state index contributed by atoms with van der Waals surface area (Å²) in [7, 11) is 0. The van der Waals surface area contributed by atoms with Gasteiger partial charge in [0.15, 0.2) is 0 Å². The van der Waals surface area contributed by atoms with Gasteiger partial charge in [0.1, 0.15) is 0 Å². The highest BCUT2D eigenvalue weighted by molar-refractivity contribution is 5.89. The molecule has 0 atom stereocenters. The van der Waals surface area contributed by atoms with Crippen molar-refractivity contribution in [2.75, 3.05) is 11.9 Å². The molecular formula is C18H21N5O2. The fourth-order valence-electron chi connectivity index (χ4n) is 2.34. The normalized spacial score (nSPS) is 13.1. The first-order chi connectivity index (χ1) is 12.2. The molecule has 7 nitrogen and oxygen atoms in total. The van der Waals surface area contributed by atoms with Gasteiger partial charge in [-0.05, 0) is 30.5 Å². The molecule has 0 bridgehead atoms. The molecule has 0 radical (unpaired) electrons. The van der Waals surface area contributed by atoms with Crippen LogP contribution >= 0.6 is 0 Å². The van der Waals surface area contributed by atoms with Crippen LogP contribution in [-0.4, -0.2) is 34.5 Å². The zero-order valence-electron chi connectivity index (χ0n) is 13.9. The van der Waals surface area contributed by atoms with E-state index in [0.717, 1.165) is 24.1 Å². The molecule has 1 fully saturated rings. The Bertz CT molecular complexity index is 714. The fourth-order valence-corrected chi connectivity index (χ4v) is 2.34. The van der Waals surface area contributed by atoms with Gasteiger partial charge in [-0.3, -0.25) is 14.8 Å². The van der Waals surface area contributed by atoms with Crippen LogP contribution < -0.4 is 16.0 Å².